The van der Waals surface area contributed by atoms with E-state index in [1.165, 1.54) is 39.4 Å². The fourth-order valence-electron chi connectivity index (χ4n) is 3.42. The summed E-state index contributed by atoms with van der Waals surface area (Å²) in [5.41, 5.74) is -0.537. The molecule has 0 aliphatic carbocycles. The van der Waals surface area contributed by atoms with E-state index in [2.05, 4.69) is 4.98 Å². The molecule has 0 saturated heterocycles. The van der Waals surface area contributed by atoms with Crippen LogP contribution in [0.3, 0.4) is 0 Å². The number of benzene rings is 1. The largest absolute Gasteiger partial charge is 0.481 e. The van der Waals surface area contributed by atoms with Crippen LogP contribution in [0.25, 0.3) is 22.4 Å². The van der Waals surface area contributed by atoms with Gasteiger partial charge in [0.05, 0.1) is 15.7 Å². The molecule has 36 heavy (non-hydrogen) atoms. The van der Waals surface area contributed by atoms with Crippen molar-refractivity contribution in [2.45, 2.75) is 13.1 Å². The number of hydrogen-bond donors (Lipinski definition) is 0. The van der Waals surface area contributed by atoms with Crippen molar-refractivity contribution in [3.63, 3.8) is 0 Å². The van der Waals surface area contributed by atoms with Gasteiger partial charge in [-0.15, -0.1) is 11.3 Å². The number of rotatable bonds is 5. The lowest BCUT2D eigenvalue weighted by Gasteiger charge is -2.16. The van der Waals surface area contributed by atoms with Gasteiger partial charge < -0.3 is 9.15 Å². The van der Waals surface area contributed by atoms with Crippen molar-refractivity contribution < 1.29 is 27.1 Å². The molecule has 1 aromatic carbocycles. The third kappa shape index (κ3) is 4.61. The Morgan fingerprint density at radius 3 is 2.42 bits per heavy atom. The van der Waals surface area contributed by atoms with Gasteiger partial charge in [-0.3, -0.25) is 23.6 Å². The minimum absolute atomic E-state index is 0.00352. The molecule has 15 heteroatoms. The Morgan fingerprint density at radius 2 is 1.83 bits per heavy atom. The van der Waals surface area contributed by atoms with E-state index in [1.807, 2.05) is 0 Å². The van der Waals surface area contributed by atoms with Crippen LogP contribution in [0.2, 0.25) is 10.0 Å². The van der Waals surface area contributed by atoms with Crippen molar-refractivity contribution in [2.24, 2.45) is 14.1 Å². The molecule has 0 N–H and O–H groups in total. The number of aryl methyl sites for hydroxylation is 1. The number of halogens is 5. The molecule has 0 atom stereocenters. The van der Waals surface area contributed by atoms with Crippen molar-refractivity contribution in [3.8, 4) is 17.0 Å². The summed E-state index contributed by atoms with van der Waals surface area (Å²) in [7, 11) is 2.72. The Hall–Kier alpha value is -3.29. The van der Waals surface area contributed by atoms with Gasteiger partial charge in [-0.1, -0.05) is 23.2 Å². The minimum Gasteiger partial charge on any atom is -0.481 e. The summed E-state index contributed by atoms with van der Waals surface area (Å²) in [6.07, 6.45) is -3.40. The van der Waals surface area contributed by atoms with Crippen LogP contribution >= 0.6 is 34.5 Å². The van der Waals surface area contributed by atoms with Crippen molar-refractivity contribution in [3.05, 3.63) is 54.7 Å². The topological polar surface area (TPSA) is 99.6 Å². The average Bonchev–Trinajstić information content (AvgIpc) is 3.43. The highest BCUT2D eigenvalue weighted by atomic mass is 35.5. The Kier molecular flexibility index (Phi) is 6.66. The molecule has 0 unspecified atom stereocenters. The first-order valence-electron chi connectivity index (χ1n) is 9.92. The summed E-state index contributed by atoms with van der Waals surface area (Å²) in [4.78, 5) is 43.2. The molecule has 4 rings (SSSR count). The third-order valence-electron chi connectivity index (χ3n) is 5.06. The zero-order valence-corrected chi connectivity index (χ0v) is 21.0. The van der Waals surface area contributed by atoms with Crippen LogP contribution in [-0.2, 0) is 18.9 Å². The second-order valence-corrected chi connectivity index (χ2v) is 9.20. The highest BCUT2D eigenvalue weighted by Gasteiger charge is 2.30. The van der Waals surface area contributed by atoms with Gasteiger partial charge in [0.1, 0.15) is 17.3 Å². The molecular weight excluding hydrogens is 548 g/mol. The van der Waals surface area contributed by atoms with Gasteiger partial charge in [-0.25, -0.2) is 9.78 Å². The highest BCUT2D eigenvalue weighted by Crippen LogP contribution is 2.40. The number of fused-ring (bicyclic) bond motifs is 1. The molecule has 0 aliphatic heterocycles. The molecule has 3 aromatic heterocycles. The third-order valence-corrected chi connectivity index (χ3v) is 6.45. The minimum atomic E-state index is -4.57. The van der Waals surface area contributed by atoms with Crippen molar-refractivity contribution in [1.82, 2.24) is 14.1 Å². The normalized spacial score (nSPS) is 11.8. The van der Waals surface area contributed by atoms with Crippen LogP contribution in [0.15, 0.2) is 37.8 Å². The number of alkyl halides is 3. The second-order valence-electron chi connectivity index (χ2n) is 7.55. The molecule has 0 aliphatic rings. The number of amides is 1. The monoisotopic (exact) mass is 562 g/mol. The van der Waals surface area contributed by atoms with E-state index in [1.54, 1.807) is 5.38 Å². The van der Waals surface area contributed by atoms with E-state index in [0.29, 0.717) is 11.3 Å². The van der Waals surface area contributed by atoms with E-state index in [-0.39, 0.29) is 37.7 Å². The first kappa shape index (κ1) is 25.8. The molecule has 4 aromatic rings. The summed E-state index contributed by atoms with van der Waals surface area (Å²) in [6.45, 7) is -0.309. The smallest absolute Gasteiger partial charge is 0.422 e. The molecule has 0 spiro atoms. The predicted octanol–water partition coefficient (Wildman–Crippen LogP) is 4.89. The maximum atomic E-state index is 12.8. The summed E-state index contributed by atoms with van der Waals surface area (Å²) >= 11 is 13.2. The van der Waals surface area contributed by atoms with Gasteiger partial charge in [0, 0.05) is 32.0 Å². The van der Waals surface area contributed by atoms with Crippen LogP contribution in [0, 0.1) is 0 Å². The van der Waals surface area contributed by atoms with Crippen LogP contribution < -0.4 is 20.9 Å². The van der Waals surface area contributed by atoms with Gasteiger partial charge in [0.25, 0.3) is 5.56 Å². The first-order chi connectivity index (χ1) is 16.8. The standard InChI is InChI=1S/C21H15Cl2F3N4O5S/c1-9(31)30(14-6-34-18-15(14)17(32)28(2)20(33)29(18)3)19-27-13(7-36-19)10-4-11(22)16(12(23)5-10)35-8-21(24,25)26/h4-7H,8H2,1-3H3. The fourth-order valence-corrected chi connectivity index (χ4v) is 4.91. The lowest BCUT2D eigenvalue weighted by molar-refractivity contribution is -0.153. The van der Waals surface area contributed by atoms with Crippen molar-refractivity contribution in [1.29, 1.82) is 0 Å². The Labute approximate surface area is 213 Å². The molecule has 0 saturated carbocycles. The summed E-state index contributed by atoms with van der Waals surface area (Å²) in [5.74, 6) is -0.826. The van der Waals surface area contributed by atoms with Crippen LogP contribution in [0.1, 0.15) is 6.92 Å². The van der Waals surface area contributed by atoms with Gasteiger partial charge >= 0.3 is 11.9 Å². The van der Waals surface area contributed by atoms with E-state index >= 15 is 0 Å². The molecular formula is C21H15Cl2F3N4O5S. The molecule has 3 heterocycles. The average molecular weight is 563 g/mol. The van der Waals surface area contributed by atoms with Crippen molar-refractivity contribution >= 4 is 62.4 Å². The number of anilines is 2. The number of hydrogen-bond acceptors (Lipinski definition) is 7. The fraction of sp³-hybridized carbons (Fsp3) is 0.238. The number of ether oxygens (including phenoxy) is 1. The summed E-state index contributed by atoms with van der Waals surface area (Å²) in [6, 6.07) is 2.66. The lowest BCUT2D eigenvalue weighted by Crippen LogP contribution is -2.37. The predicted molar refractivity (Wildman–Crippen MR) is 129 cm³/mol. The zero-order chi connectivity index (χ0) is 26.5. The van der Waals surface area contributed by atoms with Crippen LogP contribution in [0.5, 0.6) is 5.75 Å². The quantitative estimate of drug-likeness (QED) is 0.343. The molecule has 0 fully saturated rings. The summed E-state index contributed by atoms with van der Waals surface area (Å²) < 4.78 is 49.7. The lowest BCUT2D eigenvalue weighted by atomic mass is 10.1. The number of furan rings is 1. The molecule has 1 amide bonds. The van der Waals surface area contributed by atoms with E-state index in [4.69, 9.17) is 32.4 Å². The number of carbonyl (C=O) groups is 1. The maximum absolute atomic E-state index is 12.8. The van der Waals surface area contributed by atoms with E-state index in [0.717, 1.165) is 25.4 Å². The zero-order valence-electron chi connectivity index (χ0n) is 18.6. The van der Waals surface area contributed by atoms with Gasteiger partial charge in [-0.2, -0.15) is 13.2 Å². The number of carbonyl (C=O) groups excluding carboxylic acids is 1. The summed E-state index contributed by atoms with van der Waals surface area (Å²) in [5, 5.41) is 1.40. The SMILES string of the molecule is CC(=O)N(c1nc(-c2cc(Cl)c(OCC(F)(F)F)c(Cl)c2)cs1)c1coc2c1c(=O)n(C)c(=O)n2C. The molecule has 0 radical (unpaired) electrons. The Morgan fingerprint density at radius 1 is 1.19 bits per heavy atom. The highest BCUT2D eigenvalue weighted by molar-refractivity contribution is 7.14. The number of nitrogens with zero attached hydrogens (tertiary/aromatic N) is 4. The second kappa shape index (κ2) is 9.30. The van der Waals surface area contributed by atoms with Crippen LogP contribution in [-0.4, -0.2) is 32.8 Å². The van der Waals surface area contributed by atoms with Gasteiger partial charge in [0.2, 0.25) is 11.6 Å². The molecule has 190 valence electrons. The van der Waals surface area contributed by atoms with Gasteiger partial charge in [-0.05, 0) is 12.1 Å². The maximum Gasteiger partial charge on any atom is 0.422 e. The molecule has 0 bridgehead atoms. The Balaban J connectivity index is 1.76. The number of aromatic nitrogens is 3. The Bertz CT molecular complexity index is 1600. The van der Waals surface area contributed by atoms with E-state index in [9.17, 15) is 27.6 Å². The first-order valence-corrected chi connectivity index (χ1v) is 11.6. The number of thiazole rings is 1. The van der Waals surface area contributed by atoms with Crippen LogP contribution in [0.4, 0.5) is 24.0 Å². The van der Waals surface area contributed by atoms with Gasteiger partial charge in [0.15, 0.2) is 17.5 Å². The molecule has 9 nitrogen and oxygen atoms in total. The van der Waals surface area contributed by atoms with Crippen molar-refractivity contribution in [2.75, 3.05) is 11.5 Å². The van der Waals surface area contributed by atoms with E-state index < -0.39 is 29.9 Å².